The molecular weight excluding hydrogens is 304 g/mol. The van der Waals surface area contributed by atoms with Crippen molar-refractivity contribution in [1.82, 2.24) is 10.4 Å². The molecule has 2 heteroatoms. The lowest BCUT2D eigenvalue weighted by Crippen LogP contribution is -2.52. The van der Waals surface area contributed by atoms with Crippen molar-refractivity contribution in [2.45, 2.75) is 12.5 Å². The van der Waals surface area contributed by atoms with Crippen LogP contribution in [0.3, 0.4) is 0 Å². The van der Waals surface area contributed by atoms with Gasteiger partial charge in [0.05, 0.1) is 0 Å². The van der Waals surface area contributed by atoms with E-state index in [2.05, 4.69) is 108 Å². The summed E-state index contributed by atoms with van der Waals surface area (Å²) in [5.74, 6) is 0. The molecule has 0 atom stereocenters. The Morgan fingerprint density at radius 3 is 1.28 bits per heavy atom. The minimum absolute atomic E-state index is 0.510. The lowest BCUT2D eigenvalue weighted by Gasteiger charge is -2.46. The minimum atomic E-state index is -0.510. The van der Waals surface area contributed by atoms with Gasteiger partial charge in [-0.15, -0.1) is 0 Å². The average Bonchev–Trinajstić information content (AvgIpc) is 2.68. The van der Waals surface area contributed by atoms with Gasteiger partial charge in [0.2, 0.25) is 0 Å². The van der Waals surface area contributed by atoms with Crippen molar-refractivity contribution in [3.05, 3.63) is 120 Å². The molecule has 1 N–H and O–H groups in total. The zero-order valence-electron chi connectivity index (χ0n) is 14.8. The Morgan fingerprint density at radius 1 is 0.720 bits per heavy atom. The number of allylic oxidation sites excluding steroid dienone is 1. The first-order chi connectivity index (χ1) is 12.2. The monoisotopic (exact) mass is 328 g/mol. The molecule has 0 fully saturated rings. The summed E-state index contributed by atoms with van der Waals surface area (Å²) in [7, 11) is 1.94. The molecule has 0 aliphatic carbocycles. The van der Waals surface area contributed by atoms with Gasteiger partial charge in [0.1, 0.15) is 5.54 Å². The molecule has 0 radical (unpaired) electrons. The van der Waals surface area contributed by atoms with Crippen LogP contribution in [0.2, 0.25) is 0 Å². The van der Waals surface area contributed by atoms with Crippen molar-refractivity contribution in [1.29, 1.82) is 0 Å². The van der Waals surface area contributed by atoms with E-state index in [1.54, 1.807) is 0 Å². The maximum atomic E-state index is 4.23. The van der Waals surface area contributed by atoms with Crippen molar-refractivity contribution in [3.8, 4) is 0 Å². The Balaban J connectivity index is 2.42. The lowest BCUT2D eigenvalue weighted by atomic mass is 9.76. The van der Waals surface area contributed by atoms with E-state index in [-0.39, 0.29) is 0 Å². The van der Waals surface area contributed by atoms with E-state index < -0.39 is 5.54 Å². The van der Waals surface area contributed by atoms with Crippen LogP contribution in [0.5, 0.6) is 0 Å². The molecule has 0 spiro atoms. The highest BCUT2D eigenvalue weighted by atomic mass is 15.5. The summed E-state index contributed by atoms with van der Waals surface area (Å²) < 4.78 is 0. The normalized spacial score (nSPS) is 11.1. The molecule has 3 aromatic rings. The van der Waals surface area contributed by atoms with Gasteiger partial charge in [0, 0.05) is 12.7 Å². The van der Waals surface area contributed by atoms with Gasteiger partial charge in [-0.05, 0) is 23.6 Å². The summed E-state index contributed by atoms with van der Waals surface area (Å²) in [6, 6.07) is 31.7. The third kappa shape index (κ3) is 2.97. The molecule has 0 bridgehead atoms. The first-order valence-corrected chi connectivity index (χ1v) is 8.51. The quantitative estimate of drug-likeness (QED) is 0.509. The Bertz CT molecular complexity index is 714. The van der Waals surface area contributed by atoms with Crippen LogP contribution in [0.1, 0.15) is 23.6 Å². The van der Waals surface area contributed by atoms with Crippen LogP contribution in [-0.2, 0) is 5.54 Å². The third-order valence-electron chi connectivity index (χ3n) is 4.52. The highest BCUT2D eigenvalue weighted by molar-refractivity contribution is 5.50. The van der Waals surface area contributed by atoms with E-state index >= 15 is 0 Å². The predicted octanol–water partition coefficient (Wildman–Crippen LogP) is 4.95. The first kappa shape index (κ1) is 17.0. The maximum Gasteiger partial charge on any atom is 0.131 e. The summed E-state index contributed by atoms with van der Waals surface area (Å²) in [5.41, 5.74) is 7.36. The molecule has 0 saturated carbocycles. The molecule has 0 aliphatic heterocycles. The smallest absolute Gasteiger partial charge is 0.131 e. The van der Waals surface area contributed by atoms with Crippen molar-refractivity contribution in [3.63, 3.8) is 0 Å². The van der Waals surface area contributed by atoms with E-state index in [1.165, 1.54) is 16.7 Å². The predicted molar refractivity (Wildman–Crippen MR) is 105 cm³/mol. The summed E-state index contributed by atoms with van der Waals surface area (Å²) in [5, 5.41) is 2.15. The Hall–Kier alpha value is -2.84. The van der Waals surface area contributed by atoms with Crippen LogP contribution in [-0.4, -0.2) is 12.1 Å². The van der Waals surface area contributed by atoms with Crippen LogP contribution in [0, 0.1) is 0 Å². The molecule has 0 saturated heterocycles. The zero-order chi connectivity index (χ0) is 17.7. The van der Waals surface area contributed by atoms with Crippen molar-refractivity contribution in [2.24, 2.45) is 0 Å². The summed E-state index contributed by atoms with van der Waals surface area (Å²) in [4.78, 5) is 0. The summed E-state index contributed by atoms with van der Waals surface area (Å²) in [6.07, 6.45) is 0. The van der Waals surface area contributed by atoms with Gasteiger partial charge >= 0.3 is 0 Å². The second kappa shape index (κ2) is 7.37. The zero-order valence-corrected chi connectivity index (χ0v) is 14.8. The number of nitrogens with zero attached hydrogens (tertiary/aromatic N) is 1. The second-order valence-corrected chi connectivity index (χ2v) is 6.10. The summed E-state index contributed by atoms with van der Waals surface area (Å²) >= 11 is 0. The number of rotatable bonds is 6. The number of benzene rings is 3. The van der Waals surface area contributed by atoms with Crippen LogP contribution in [0.15, 0.2) is 103 Å². The standard InChI is InChI=1S/C23H24N2/c1-19(2)25(24-3)23(20-13-7-4-8-14-20,21-15-9-5-10-16-21)22-17-11-6-12-18-22/h4-18,24H,1H2,2-3H3. The van der Waals surface area contributed by atoms with Gasteiger partial charge in [0.15, 0.2) is 0 Å². The van der Waals surface area contributed by atoms with E-state index in [9.17, 15) is 0 Å². The molecule has 126 valence electrons. The van der Waals surface area contributed by atoms with Gasteiger partial charge in [-0.25, -0.2) is 5.43 Å². The fourth-order valence-electron chi connectivity index (χ4n) is 3.57. The molecule has 0 unspecified atom stereocenters. The van der Waals surface area contributed by atoms with Gasteiger partial charge in [-0.3, -0.25) is 5.01 Å². The SMILES string of the molecule is C=C(C)N(NC)C(c1ccccc1)(c1ccccc1)c1ccccc1. The van der Waals surface area contributed by atoms with Gasteiger partial charge < -0.3 is 0 Å². The molecule has 3 aromatic carbocycles. The van der Waals surface area contributed by atoms with Crippen LogP contribution in [0.4, 0.5) is 0 Å². The summed E-state index contributed by atoms with van der Waals surface area (Å²) in [6.45, 7) is 6.26. The largest absolute Gasteiger partial charge is 0.294 e. The molecule has 2 nitrogen and oxygen atoms in total. The number of hydrazine groups is 1. The fourth-order valence-corrected chi connectivity index (χ4v) is 3.57. The minimum Gasteiger partial charge on any atom is -0.294 e. The van der Waals surface area contributed by atoms with Crippen molar-refractivity contribution < 1.29 is 0 Å². The maximum absolute atomic E-state index is 4.23. The van der Waals surface area contributed by atoms with E-state index in [0.29, 0.717) is 0 Å². The molecule has 0 amide bonds. The Morgan fingerprint density at radius 2 is 1.04 bits per heavy atom. The van der Waals surface area contributed by atoms with Crippen LogP contribution in [0.25, 0.3) is 0 Å². The highest BCUT2D eigenvalue weighted by Crippen LogP contribution is 2.42. The fraction of sp³-hybridized carbons (Fsp3) is 0.130. The van der Waals surface area contributed by atoms with Gasteiger partial charge in [-0.2, -0.15) is 0 Å². The molecule has 25 heavy (non-hydrogen) atoms. The molecule has 0 aliphatic rings. The van der Waals surface area contributed by atoms with Gasteiger partial charge in [0.25, 0.3) is 0 Å². The number of hydrogen-bond donors (Lipinski definition) is 1. The van der Waals surface area contributed by atoms with Crippen molar-refractivity contribution in [2.75, 3.05) is 7.05 Å². The lowest BCUT2D eigenvalue weighted by molar-refractivity contribution is 0.153. The highest BCUT2D eigenvalue weighted by Gasteiger charge is 2.41. The van der Waals surface area contributed by atoms with E-state index in [1.807, 2.05) is 14.0 Å². The topological polar surface area (TPSA) is 15.3 Å². The number of hydrogen-bond acceptors (Lipinski definition) is 2. The average molecular weight is 328 g/mol. The van der Waals surface area contributed by atoms with E-state index in [4.69, 9.17) is 0 Å². The third-order valence-corrected chi connectivity index (χ3v) is 4.52. The number of nitrogens with one attached hydrogen (secondary N) is 1. The molecule has 3 rings (SSSR count). The van der Waals surface area contributed by atoms with Gasteiger partial charge in [-0.1, -0.05) is 97.6 Å². The first-order valence-electron chi connectivity index (χ1n) is 8.51. The van der Waals surface area contributed by atoms with E-state index in [0.717, 1.165) is 5.70 Å². The Kier molecular flexibility index (Phi) is 5.01. The van der Waals surface area contributed by atoms with Crippen molar-refractivity contribution >= 4 is 0 Å². The Labute approximate surface area is 150 Å². The van der Waals surface area contributed by atoms with Crippen LogP contribution >= 0.6 is 0 Å². The molecular formula is C23H24N2. The van der Waals surface area contributed by atoms with Crippen LogP contribution < -0.4 is 5.43 Å². The molecule has 0 aromatic heterocycles. The second-order valence-electron chi connectivity index (χ2n) is 6.10. The molecule has 0 heterocycles.